The first-order chi connectivity index (χ1) is 9.43. The third kappa shape index (κ3) is 3.17. The quantitative estimate of drug-likeness (QED) is 0.876. The molecule has 2 heterocycles. The molecule has 1 atom stereocenters. The molecule has 0 fully saturated rings. The van der Waals surface area contributed by atoms with Crippen molar-refractivity contribution in [1.82, 2.24) is 14.8 Å². The summed E-state index contributed by atoms with van der Waals surface area (Å²) >= 11 is 15.4. The van der Waals surface area contributed by atoms with Gasteiger partial charge in [0.25, 0.3) is 0 Å². The van der Waals surface area contributed by atoms with Crippen molar-refractivity contribution in [1.29, 1.82) is 0 Å². The third-order valence-electron chi connectivity index (χ3n) is 2.99. The van der Waals surface area contributed by atoms with Crippen molar-refractivity contribution in [2.24, 2.45) is 0 Å². The minimum absolute atomic E-state index is 0.361. The smallest absolute Gasteiger partial charge is 0.103 e. The molecular weight excluding hydrogens is 365 g/mol. The number of halogens is 3. The van der Waals surface area contributed by atoms with Gasteiger partial charge in [-0.3, -0.25) is 9.67 Å². The lowest BCUT2D eigenvalue weighted by Gasteiger charge is -2.13. The first-order valence-electron chi connectivity index (χ1n) is 6.14. The second-order valence-electron chi connectivity index (χ2n) is 4.40. The number of hydrogen-bond acceptors (Lipinski definition) is 3. The van der Waals surface area contributed by atoms with E-state index in [4.69, 9.17) is 23.2 Å². The molecule has 20 heavy (non-hydrogen) atoms. The summed E-state index contributed by atoms with van der Waals surface area (Å²) in [5, 5.41) is 15.6. The number of aromatic nitrogens is 3. The van der Waals surface area contributed by atoms with Gasteiger partial charge >= 0.3 is 0 Å². The fourth-order valence-corrected chi connectivity index (χ4v) is 2.97. The second kappa shape index (κ2) is 6.43. The van der Waals surface area contributed by atoms with Gasteiger partial charge in [0.2, 0.25) is 0 Å². The Morgan fingerprint density at radius 3 is 2.75 bits per heavy atom. The molecule has 0 spiro atoms. The highest BCUT2D eigenvalue weighted by Crippen LogP contribution is 2.29. The van der Waals surface area contributed by atoms with Gasteiger partial charge in [0.15, 0.2) is 0 Å². The standard InChI is InChI=1S/C13H14BrCl2N3O/c1-3-19-10(12(14)7(2)18-19)5-11(20)13-9(16)4-8(15)6-17-13/h4,6,11,20H,3,5H2,1-2H3. The van der Waals surface area contributed by atoms with E-state index in [1.54, 1.807) is 6.07 Å². The zero-order chi connectivity index (χ0) is 14.9. The van der Waals surface area contributed by atoms with E-state index in [2.05, 4.69) is 26.0 Å². The number of rotatable bonds is 4. The molecule has 1 unspecified atom stereocenters. The van der Waals surface area contributed by atoms with Gasteiger partial charge in [-0.15, -0.1) is 0 Å². The lowest BCUT2D eigenvalue weighted by atomic mass is 10.1. The largest absolute Gasteiger partial charge is 0.386 e. The fraction of sp³-hybridized carbons (Fsp3) is 0.385. The van der Waals surface area contributed by atoms with Crippen LogP contribution >= 0.6 is 39.1 Å². The van der Waals surface area contributed by atoms with Gasteiger partial charge in [0.1, 0.15) is 6.10 Å². The number of hydrogen-bond donors (Lipinski definition) is 1. The summed E-state index contributed by atoms with van der Waals surface area (Å²) in [5.41, 5.74) is 2.24. The average Bonchev–Trinajstić information content (AvgIpc) is 2.66. The van der Waals surface area contributed by atoms with Crippen LogP contribution in [0, 0.1) is 6.92 Å². The predicted molar refractivity (Wildman–Crippen MR) is 83.3 cm³/mol. The molecule has 0 aliphatic heterocycles. The van der Waals surface area contributed by atoms with E-state index in [0.29, 0.717) is 22.2 Å². The summed E-state index contributed by atoms with van der Waals surface area (Å²) in [5.74, 6) is 0. The molecule has 0 radical (unpaired) electrons. The maximum Gasteiger partial charge on any atom is 0.103 e. The fourth-order valence-electron chi connectivity index (χ4n) is 2.01. The minimum atomic E-state index is -0.808. The van der Waals surface area contributed by atoms with E-state index in [0.717, 1.165) is 22.4 Å². The van der Waals surface area contributed by atoms with Crippen LogP contribution < -0.4 is 0 Å². The molecular formula is C13H14BrCl2N3O. The number of nitrogens with zero attached hydrogens (tertiary/aromatic N) is 3. The van der Waals surface area contributed by atoms with Crippen LogP contribution in [0.4, 0.5) is 0 Å². The van der Waals surface area contributed by atoms with Crippen LogP contribution in [0.25, 0.3) is 0 Å². The molecule has 0 aromatic carbocycles. The van der Waals surface area contributed by atoms with Crippen LogP contribution in [-0.2, 0) is 13.0 Å². The van der Waals surface area contributed by atoms with Crippen molar-refractivity contribution in [3.8, 4) is 0 Å². The van der Waals surface area contributed by atoms with Crippen LogP contribution in [0.1, 0.15) is 30.1 Å². The Morgan fingerprint density at radius 2 is 2.15 bits per heavy atom. The average molecular weight is 379 g/mol. The van der Waals surface area contributed by atoms with Crippen molar-refractivity contribution < 1.29 is 5.11 Å². The molecule has 0 aliphatic carbocycles. The van der Waals surface area contributed by atoms with Gasteiger partial charge in [0.05, 0.1) is 31.6 Å². The molecule has 2 aromatic heterocycles. The number of aliphatic hydroxyl groups is 1. The maximum atomic E-state index is 10.3. The number of aryl methyl sites for hydroxylation is 2. The topological polar surface area (TPSA) is 50.9 Å². The number of aliphatic hydroxyl groups excluding tert-OH is 1. The lowest BCUT2D eigenvalue weighted by Crippen LogP contribution is -2.10. The highest BCUT2D eigenvalue weighted by molar-refractivity contribution is 9.10. The van der Waals surface area contributed by atoms with Crippen LogP contribution in [0.5, 0.6) is 0 Å². The van der Waals surface area contributed by atoms with Crippen molar-refractivity contribution in [3.05, 3.63) is 43.9 Å². The Bertz CT molecular complexity index is 630. The van der Waals surface area contributed by atoms with Crippen LogP contribution in [0.3, 0.4) is 0 Å². The summed E-state index contributed by atoms with van der Waals surface area (Å²) in [7, 11) is 0. The molecule has 0 saturated carbocycles. The SMILES string of the molecule is CCn1nc(C)c(Br)c1CC(O)c1ncc(Cl)cc1Cl. The Kier molecular flexibility index (Phi) is 5.07. The van der Waals surface area contributed by atoms with E-state index in [9.17, 15) is 5.11 Å². The Balaban J connectivity index is 2.30. The molecule has 2 rings (SSSR count). The molecule has 0 bridgehead atoms. The van der Waals surface area contributed by atoms with Gasteiger partial charge in [-0.1, -0.05) is 23.2 Å². The van der Waals surface area contributed by atoms with E-state index in [-0.39, 0.29) is 0 Å². The normalized spacial score (nSPS) is 12.7. The van der Waals surface area contributed by atoms with Gasteiger partial charge in [-0.05, 0) is 35.8 Å². The van der Waals surface area contributed by atoms with Crippen molar-refractivity contribution >= 4 is 39.1 Å². The maximum absolute atomic E-state index is 10.3. The molecule has 108 valence electrons. The van der Waals surface area contributed by atoms with Crippen molar-refractivity contribution in [2.45, 2.75) is 32.9 Å². The third-order valence-corrected chi connectivity index (χ3v) is 4.53. The summed E-state index contributed by atoms with van der Waals surface area (Å²) < 4.78 is 2.76. The van der Waals surface area contributed by atoms with Gasteiger partial charge in [-0.2, -0.15) is 5.10 Å². The minimum Gasteiger partial charge on any atom is -0.386 e. The molecule has 7 heteroatoms. The van der Waals surface area contributed by atoms with Crippen molar-refractivity contribution in [3.63, 3.8) is 0 Å². The highest BCUT2D eigenvalue weighted by Gasteiger charge is 2.20. The molecule has 0 saturated heterocycles. The first kappa shape index (κ1) is 15.8. The zero-order valence-corrected chi connectivity index (χ0v) is 14.2. The summed E-state index contributed by atoms with van der Waals surface area (Å²) in [6.07, 6.45) is 1.05. The molecule has 2 aromatic rings. The molecule has 0 amide bonds. The van der Waals surface area contributed by atoms with Crippen molar-refractivity contribution in [2.75, 3.05) is 0 Å². The summed E-state index contributed by atoms with van der Waals surface area (Å²) in [6, 6.07) is 1.58. The van der Waals surface area contributed by atoms with E-state index in [1.165, 1.54) is 6.20 Å². The van der Waals surface area contributed by atoms with E-state index in [1.807, 2.05) is 18.5 Å². The van der Waals surface area contributed by atoms with E-state index < -0.39 is 6.10 Å². The Morgan fingerprint density at radius 1 is 1.45 bits per heavy atom. The van der Waals surface area contributed by atoms with Gasteiger partial charge in [-0.25, -0.2) is 0 Å². The van der Waals surface area contributed by atoms with E-state index >= 15 is 0 Å². The highest BCUT2D eigenvalue weighted by atomic mass is 79.9. The molecule has 1 N–H and O–H groups in total. The van der Waals surface area contributed by atoms with Crippen LogP contribution in [0.15, 0.2) is 16.7 Å². The lowest BCUT2D eigenvalue weighted by molar-refractivity contribution is 0.170. The van der Waals surface area contributed by atoms with Crippen LogP contribution in [0.2, 0.25) is 10.0 Å². The zero-order valence-electron chi connectivity index (χ0n) is 11.1. The van der Waals surface area contributed by atoms with Gasteiger partial charge < -0.3 is 5.11 Å². The second-order valence-corrected chi connectivity index (χ2v) is 6.04. The molecule has 0 aliphatic rings. The van der Waals surface area contributed by atoms with Crippen LogP contribution in [-0.4, -0.2) is 19.9 Å². The number of pyridine rings is 1. The molecule has 4 nitrogen and oxygen atoms in total. The summed E-state index contributed by atoms with van der Waals surface area (Å²) in [4.78, 5) is 4.11. The Labute approximate surface area is 135 Å². The monoisotopic (exact) mass is 377 g/mol. The first-order valence-corrected chi connectivity index (χ1v) is 7.69. The van der Waals surface area contributed by atoms with Gasteiger partial charge in [0, 0.05) is 19.2 Å². The predicted octanol–water partition coefficient (Wildman–Crippen LogP) is 3.95. The Hall–Kier alpha value is -0.620. The summed E-state index contributed by atoms with van der Waals surface area (Å²) in [6.45, 7) is 4.65.